The number of hydrogen-bond acceptors (Lipinski definition) is 2. The first kappa shape index (κ1) is 15.2. The van der Waals surface area contributed by atoms with E-state index in [1.807, 2.05) is 46.8 Å². The largest absolute Gasteiger partial charge is 0.274 e. The van der Waals surface area contributed by atoms with E-state index in [1.165, 1.54) is 4.90 Å². The molecular weight excluding hydrogens is 318 g/mol. The highest BCUT2D eigenvalue weighted by Gasteiger charge is 2.51. The van der Waals surface area contributed by atoms with Crippen LogP contribution >= 0.6 is 15.9 Å². The molecule has 2 amide bonds. The fourth-order valence-corrected chi connectivity index (χ4v) is 3.56. The zero-order valence-corrected chi connectivity index (χ0v) is 14.2. The minimum atomic E-state index is -0.603. The van der Waals surface area contributed by atoms with Gasteiger partial charge in [-0.15, -0.1) is 0 Å². The maximum absolute atomic E-state index is 12.8. The van der Waals surface area contributed by atoms with Crippen LogP contribution in [0.25, 0.3) is 0 Å². The minimum Gasteiger partial charge on any atom is -0.274 e. The van der Waals surface area contributed by atoms with Crippen molar-refractivity contribution in [3.63, 3.8) is 0 Å². The molecule has 1 fully saturated rings. The molecule has 3 nitrogen and oxygen atoms in total. The molecule has 0 spiro atoms. The van der Waals surface area contributed by atoms with Gasteiger partial charge in [0.25, 0.3) is 0 Å². The Bertz CT molecular complexity index is 571. The lowest BCUT2D eigenvalue weighted by molar-refractivity contribution is -0.126. The Balaban J connectivity index is 2.55. The Morgan fingerprint density at radius 1 is 1.25 bits per heavy atom. The summed E-state index contributed by atoms with van der Waals surface area (Å²) < 4.78 is 0.796. The third-order valence-corrected chi connectivity index (χ3v) is 4.96. The van der Waals surface area contributed by atoms with E-state index < -0.39 is 5.41 Å². The number of anilines is 1. The predicted octanol–water partition coefficient (Wildman–Crippen LogP) is 3.99. The van der Waals surface area contributed by atoms with Gasteiger partial charge in [-0.25, -0.2) is 4.90 Å². The summed E-state index contributed by atoms with van der Waals surface area (Å²) in [6.45, 7) is 9.79. The molecule has 0 bridgehead atoms. The highest BCUT2D eigenvalue weighted by atomic mass is 79.9. The van der Waals surface area contributed by atoms with Crippen LogP contribution in [0.4, 0.5) is 5.69 Å². The molecule has 1 aromatic rings. The first-order valence-corrected chi connectivity index (χ1v) is 7.62. The molecule has 20 heavy (non-hydrogen) atoms. The van der Waals surface area contributed by atoms with Crippen LogP contribution in [-0.2, 0) is 9.59 Å². The summed E-state index contributed by atoms with van der Waals surface area (Å²) in [5, 5.41) is 0. The Labute approximate surface area is 128 Å². The quantitative estimate of drug-likeness (QED) is 0.765. The SMILES string of the molecule is Cc1cc(C)c(N2C(=O)CC(C)(C(C)C)C2=O)c(Br)c1. The lowest BCUT2D eigenvalue weighted by Crippen LogP contribution is -2.37. The summed E-state index contributed by atoms with van der Waals surface area (Å²) in [6, 6.07) is 3.93. The van der Waals surface area contributed by atoms with E-state index in [1.54, 1.807) is 0 Å². The summed E-state index contributed by atoms with van der Waals surface area (Å²) in [5.74, 6) is -0.0718. The molecule has 0 aliphatic carbocycles. The van der Waals surface area contributed by atoms with Crippen LogP contribution in [0.1, 0.15) is 38.3 Å². The van der Waals surface area contributed by atoms with Crippen molar-refractivity contribution in [1.82, 2.24) is 0 Å². The standard InChI is InChI=1S/C16H20BrNO2/c1-9(2)16(5)8-13(19)18(15(16)20)14-11(4)6-10(3)7-12(14)17/h6-7,9H,8H2,1-5H3. The molecule has 108 valence electrons. The Kier molecular flexibility index (Phi) is 3.80. The molecule has 0 aromatic heterocycles. The van der Waals surface area contributed by atoms with Crippen molar-refractivity contribution in [3.05, 3.63) is 27.7 Å². The third-order valence-electron chi connectivity index (χ3n) is 4.36. The summed E-state index contributed by atoms with van der Waals surface area (Å²) in [4.78, 5) is 26.5. The molecule has 4 heteroatoms. The first-order chi connectivity index (χ1) is 9.18. The van der Waals surface area contributed by atoms with Crippen molar-refractivity contribution < 1.29 is 9.59 Å². The number of halogens is 1. The van der Waals surface area contributed by atoms with Gasteiger partial charge in [0.05, 0.1) is 11.1 Å². The van der Waals surface area contributed by atoms with Crippen LogP contribution in [0.15, 0.2) is 16.6 Å². The smallest absolute Gasteiger partial charge is 0.240 e. The van der Waals surface area contributed by atoms with Gasteiger partial charge in [-0.1, -0.05) is 19.9 Å². The van der Waals surface area contributed by atoms with Gasteiger partial charge >= 0.3 is 0 Å². The third kappa shape index (κ3) is 2.20. The van der Waals surface area contributed by atoms with E-state index in [2.05, 4.69) is 15.9 Å². The maximum Gasteiger partial charge on any atom is 0.240 e. The van der Waals surface area contributed by atoms with Gasteiger partial charge < -0.3 is 0 Å². The van der Waals surface area contributed by atoms with E-state index in [0.29, 0.717) is 5.69 Å². The van der Waals surface area contributed by atoms with E-state index >= 15 is 0 Å². The fourth-order valence-electron chi connectivity index (χ4n) is 2.71. The van der Waals surface area contributed by atoms with Crippen molar-refractivity contribution >= 4 is 33.4 Å². The lowest BCUT2D eigenvalue weighted by Gasteiger charge is -2.27. The molecule has 0 radical (unpaired) electrons. The van der Waals surface area contributed by atoms with Crippen LogP contribution in [0.2, 0.25) is 0 Å². The normalized spacial score (nSPS) is 23.1. The van der Waals surface area contributed by atoms with E-state index in [4.69, 9.17) is 0 Å². The predicted molar refractivity (Wildman–Crippen MR) is 83.7 cm³/mol. The van der Waals surface area contributed by atoms with Gasteiger partial charge in [0, 0.05) is 10.9 Å². The lowest BCUT2D eigenvalue weighted by atomic mass is 9.78. The number of carbonyl (C=O) groups is 2. The maximum atomic E-state index is 12.8. The average Bonchev–Trinajstić information content (AvgIpc) is 2.52. The number of aryl methyl sites for hydroxylation is 2. The molecule has 1 heterocycles. The van der Waals surface area contributed by atoms with Crippen molar-refractivity contribution in [1.29, 1.82) is 0 Å². The van der Waals surface area contributed by atoms with Crippen LogP contribution in [-0.4, -0.2) is 11.8 Å². The summed E-state index contributed by atoms with van der Waals surface area (Å²) in [7, 11) is 0. The zero-order chi connectivity index (χ0) is 15.2. The molecule has 0 saturated carbocycles. The molecule has 1 aromatic carbocycles. The van der Waals surface area contributed by atoms with Crippen LogP contribution in [0.5, 0.6) is 0 Å². The number of rotatable bonds is 2. The summed E-state index contributed by atoms with van der Waals surface area (Å²) in [5.41, 5.74) is 2.12. The second-order valence-electron chi connectivity index (χ2n) is 6.20. The van der Waals surface area contributed by atoms with Crippen molar-refractivity contribution in [2.45, 2.75) is 41.0 Å². The second-order valence-corrected chi connectivity index (χ2v) is 7.05. The van der Waals surface area contributed by atoms with Crippen LogP contribution < -0.4 is 4.90 Å². The molecule has 1 atom stereocenters. The molecular formula is C16H20BrNO2. The Hall–Kier alpha value is -1.16. The topological polar surface area (TPSA) is 37.4 Å². The monoisotopic (exact) mass is 337 g/mol. The number of hydrogen-bond donors (Lipinski definition) is 0. The molecule has 1 unspecified atom stereocenters. The Morgan fingerprint density at radius 3 is 2.30 bits per heavy atom. The number of amides is 2. The second kappa shape index (κ2) is 4.99. The van der Waals surface area contributed by atoms with Crippen molar-refractivity contribution in [2.75, 3.05) is 4.90 Å². The highest BCUT2D eigenvalue weighted by molar-refractivity contribution is 9.10. The molecule has 0 N–H and O–H groups in total. The highest BCUT2D eigenvalue weighted by Crippen LogP contribution is 2.44. The fraction of sp³-hybridized carbons (Fsp3) is 0.500. The Morgan fingerprint density at radius 2 is 1.85 bits per heavy atom. The minimum absolute atomic E-state index is 0.0925. The van der Waals surface area contributed by atoms with Crippen LogP contribution in [0, 0.1) is 25.2 Å². The number of imide groups is 1. The van der Waals surface area contributed by atoms with Gasteiger partial charge in [-0.05, 0) is 59.8 Å². The van der Waals surface area contributed by atoms with Gasteiger partial charge in [-0.2, -0.15) is 0 Å². The van der Waals surface area contributed by atoms with Crippen LogP contribution in [0.3, 0.4) is 0 Å². The first-order valence-electron chi connectivity index (χ1n) is 6.82. The van der Waals surface area contributed by atoms with E-state index in [-0.39, 0.29) is 24.2 Å². The number of nitrogens with zero attached hydrogens (tertiary/aromatic N) is 1. The number of benzene rings is 1. The molecule has 1 aliphatic rings. The van der Waals surface area contributed by atoms with E-state index in [0.717, 1.165) is 15.6 Å². The van der Waals surface area contributed by atoms with E-state index in [9.17, 15) is 9.59 Å². The van der Waals surface area contributed by atoms with Gasteiger partial charge in [0.15, 0.2) is 0 Å². The van der Waals surface area contributed by atoms with Gasteiger partial charge in [0.1, 0.15) is 0 Å². The average molecular weight is 338 g/mol. The molecule has 1 saturated heterocycles. The summed E-state index contributed by atoms with van der Waals surface area (Å²) >= 11 is 3.49. The van der Waals surface area contributed by atoms with Gasteiger partial charge in [0.2, 0.25) is 11.8 Å². The van der Waals surface area contributed by atoms with Crippen molar-refractivity contribution in [3.8, 4) is 0 Å². The zero-order valence-electron chi connectivity index (χ0n) is 12.6. The molecule has 1 aliphatic heterocycles. The molecule has 2 rings (SSSR count). The van der Waals surface area contributed by atoms with Gasteiger partial charge in [-0.3, -0.25) is 9.59 Å². The number of carbonyl (C=O) groups excluding carboxylic acids is 2. The summed E-state index contributed by atoms with van der Waals surface area (Å²) in [6.07, 6.45) is 0.281. The van der Waals surface area contributed by atoms with Crippen molar-refractivity contribution in [2.24, 2.45) is 11.3 Å².